The van der Waals surface area contributed by atoms with E-state index in [-0.39, 0.29) is 16.9 Å². The number of benzene rings is 1. The zero-order chi connectivity index (χ0) is 10.3. The summed E-state index contributed by atoms with van der Waals surface area (Å²) in [4.78, 5) is 11.5. The Labute approximate surface area is 91.1 Å². The molecule has 0 aromatic heterocycles. The zero-order valence-corrected chi connectivity index (χ0v) is 9.47. The van der Waals surface area contributed by atoms with Gasteiger partial charge in [-0.2, -0.15) is 0 Å². The Morgan fingerprint density at radius 2 is 2.14 bits per heavy atom. The summed E-state index contributed by atoms with van der Waals surface area (Å²) in [5.74, 6) is 0.388. The van der Waals surface area contributed by atoms with Gasteiger partial charge in [0.2, 0.25) is 0 Å². The van der Waals surface area contributed by atoms with E-state index < -0.39 is 0 Å². The first-order valence-corrected chi connectivity index (χ1v) is 5.36. The number of ketones is 1. The number of carbonyl (C=O) groups is 1. The minimum atomic E-state index is -0.322. The Morgan fingerprint density at radius 1 is 1.50 bits per heavy atom. The maximum absolute atomic E-state index is 11.5. The van der Waals surface area contributed by atoms with E-state index in [2.05, 4.69) is 15.9 Å². The molecule has 0 heterocycles. The van der Waals surface area contributed by atoms with E-state index in [4.69, 9.17) is 0 Å². The van der Waals surface area contributed by atoms with Crippen LogP contribution in [0.5, 0.6) is 5.75 Å². The van der Waals surface area contributed by atoms with Crippen LogP contribution in [0, 0.1) is 0 Å². The van der Waals surface area contributed by atoms with Gasteiger partial charge in [0.15, 0.2) is 0 Å². The molecular weight excluding hydrogens is 244 g/mol. The van der Waals surface area contributed by atoms with Gasteiger partial charge in [-0.25, -0.2) is 0 Å². The quantitative estimate of drug-likeness (QED) is 0.882. The molecular formula is C11H11BrO2. The SMILES string of the molecule is CC(=O)C1(c2cccc(O)c2Br)CC1. The molecule has 1 fully saturated rings. The third kappa shape index (κ3) is 1.27. The summed E-state index contributed by atoms with van der Waals surface area (Å²) in [7, 11) is 0. The molecule has 14 heavy (non-hydrogen) atoms. The number of rotatable bonds is 2. The van der Waals surface area contributed by atoms with Crippen LogP contribution in [0.4, 0.5) is 0 Å². The molecule has 1 aromatic rings. The number of carbonyl (C=O) groups excluding carboxylic acids is 1. The van der Waals surface area contributed by atoms with Crippen molar-refractivity contribution in [3.8, 4) is 5.75 Å². The second-order valence-electron chi connectivity index (χ2n) is 3.78. The number of phenolic OH excluding ortho intramolecular Hbond substituents is 1. The Bertz CT molecular complexity index is 394. The fourth-order valence-corrected chi connectivity index (χ4v) is 2.47. The van der Waals surface area contributed by atoms with E-state index in [0.29, 0.717) is 4.47 Å². The van der Waals surface area contributed by atoms with E-state index in [0.717, 1.165) is 18.4 Å². The second-order valence-corrected chi connectivity index (χ2v) is 4.57. The molecule has 0 unspecified atom stereocenters. The largest absolute Gasteiger partial charge is 0.507 e. The Morgan fingerprint density at radius 3 is 2.64 bits per heavy atom. The number of phenols is 1. The first-order chi connectivity index (χ1) is 6.58. The van der Waals surface area contributed by atoms with Crippen molar-refractivity contribution < 1.29 is 9.90 Å². The lowest BCUT2D eigenvalue weighted by molar-refractivity contribution is -0.119. The summed E-state index contributed by atoms with van der Waals surface area (Å²) in [5.41, 5.74) is 0.599. The molecule has 2 rings (SSSR count). The van der Waals surface area contributed by atoms with Gasteiger partial charge >= 0.3 is 0 Å². The Balaban J connectivity index is 2.52. The Hall–Kier alpha value is -0.830. The van der Waals surface area contributed by atoms with Crippen LogP contribution in [0.3, 0.4) is 0 Å². The molecule has 2 nitrogen and oxygen atoms in total. The van der Waals surface area contributed by atoms with Crippen molar-refractivity contribution in [3.05, 3.63) is 28.2 Å². The topological polar surface area (TPSA) is 37.3 Å². The first-order valence-electron chi connectivity index (χ1n) is 4.57. The van der Waals surface area contributed by atoms with Crippen LogP contribution in [-0.2, 0) is 10.2 Å². The van der Waals surface area contributed by atoms with E-state index in [1.807, 2.05) is 6.07 Å². The Kier molecular flexibility index (Phi) is 2.14. The van der Waals surface area contributed by atoms with Gasteiger partial charge in [0.05, 0.1) is 9.89 Å². The predicted molar refractivity (Wildman–Crippen MR) is 57.4 cm³/mol. The lowest BCUT2D eigenvalue weighted by atomic mass is 9.92. The minimum Gasteiger partial charge on any atom is -0.507 e. The number of halogens is 1. The van der Waals surface area contributed by atoms with Crippen molar-refractivity contribution in [1.29, 1.82) is 0 Å². The highest BCUT2D eigenvalue weighted by Gasteiger charge is 2.49. The highest BCUT2D eigenvalue weighted by atomic mass is 79.9. The van der Waals surface area contributed by atoms with Gasteiger partial charge in [-0.05, 0) is 47.3 Å². The van der Waals surface area contributed by atoms with Crippen LogP contribution >= 0.6 is 15.9 Å². The maximum Gasteiger partial charge on any atom is 0.140 e. The highest BCUT2D eigenvalue weighted by Crippen LogP contribution is 2.52. The first kappa shape index (κ1) is 9.71. The highest BCUT2D eigenvalue weighted by molar-refractivity contribution is 9.10. The number of hydrogen-bond acceptors (Lipinski definition) is 2. The average molecular weight is 255 g/mol. The van der Waals surface area contributed by atoms with Crippen molar-refractivity contribution in [2.24, 2.45) is 0 Å². The van der Waals surface area contributed by atoms with Crippen molar-refractivity contribution in [1.82, 2.24) is 0 Å². The number of hydrogen-bond donors (Lipinski definition) is 1. The fraction of sp³-hybridized carbons (Fsp3) is 0.364. The lowest BCUT2D eigenvalue weighted by Crippen LogP contribution is -2.17. The minimum absolute atomic E-state index is 0.184. The van der Waals surface area contributed by atoms with E-state index in [1.54, 1.807) is 19.1 Å². The third-order valence-electron chi connectivity index (χ3n) is 2.92. The van der Waals surface area contributed by atoms with Crippen molar-refractivity contribution in [3.63, 3.8) is 0 Å². The normalized spacial score (nSPS) is 17.9. The van der Waals surface area contributed by atoms with Gasteiger partial charge < -0.3 is 5.11 Å². The molecule has 0 atom stereocenters. The second kappa shape index (κ2) is 3.09. The molecule has 0 radical (unpaired) electrons. The molecule has 1 aliphatic carbocycles. The van der Waals surface area contributed by atoms with Crippen molar-refractivity contribution >= 4 is 21.7 Å². The van der Waals surface area contributed by atoms with Crippen LogP contribution in [-0.4, -0.2) is 10.9 Å². The van der Waals surface area contributed by atoms with Gasteiger partial charge in [0.25, 0.3) is 0 Å². The van der Waals surface area contributed by atoms with Crippen molar-refractivity contribution in [2.45, 2.75) is 25.2 Å². The summed E-state index contributed by atoms with van der Waals surface area (Å²) in [6, 6.07) is 5.29. The molecule has 74 valence electrons. The predicted octanol–water partition coefficient (Wildman–Crippen LogP) is 2.78. The molecule has 0 spiro atoms. The molecule has 0 saturated heterocycles. The molecule has 3 heteroatoms. The average Bonchev–Trinajstić information content (AvgIpc) is 2.90. The summed E-state index contributed by atoms with van der Waals surface area (Å²) < 4.78 is 0.660. The molecule has 1 aliphatic rings. The number of aromatic hydroxyl groups is 1. The maximum atomic E-state index is 11.5. The monoisotopic (exact) mass is 254 g/mol. The molecule has 1 aromatic carbocycles. The third-order valence-corrected chi connectivity index (χ3v) is 3.75. The smallest absolute Gasteiger partial charge is 0.140 e. The standard InChI is InChI=1S/C11H11BrO2/c1-7(13)11(5-6-11)8-3-2-4-9(14)10(8)12/h2-4,14H,5-6H2,1H3. The molecule has 1 saturated carbocycles. The fourth-order valence-electron chi connectivity index (χ4n) is 1.83. The van der Waals surface area contributed by atoms with Crippen LogP contribution in [0.2, 0.25) is 0 Å². The van der Waals surface area contributed by atoms with E-state index >= 15 is 0 Å². The van der Waals surface area contributed by atoms with Gasteiger partial charge in [-0.3, -0.25) is 4.79 Å². The molecule has 1 N–H and O–H groups in total. The summed E-state index contributed by atoms with van der Waals surface area (Å²) in [6.45, 7) is 1.61. The van der Waals surface area contributed by atoms with Gasteiger partial charge in [-0.15, -0.1) is 0 Å². The lowest BCUT2D eigenvalue weighted by Gasteiger charge is -2.14. The zero-order valence-electron chi connectivity index (χ0n) is 7.88. The molecule has 0 bridgehead atoms. The van der Waals surface area contributed by atoms with Gasteiger partial charge in [0.1, 0.15) is 11.5 Å². The summed E-state index contributed by atoms with van der Waals surface area (Å²) >= 11 is 3.32. The number of Topliss-reactive ketones (excluding diaryl/α,β-unsaturated/α-hetero) is 1. The van der Waals surface area contributed by atoms with Crippen LogP contribution in [0.25, 0.3) is 0 Å². The van der Waals surface area contributed by atoms with E-state index in [1.165, 1.54) is 0 Å². The molecule has 0 aliphatic heterocycles. The summed E-state index contributed by atoms with van der Waals surface area (Å²) in [6.07, 6.45) is 1.79. The van der Waals surface area contributed by atoms with Crippen LogP contribution in [0.1, 0.15) is 25.3 Å². The van der Waals surface area contributed by atoms with Crippen LogP contribution in [0.15, 0.2) is 22.7 Å². The molecule has 0 amide bonds. The van der Waals surface area contributed by atoms with Gasteiger partial charge in [0, 0.05) is 0 Å². The van der Waals surface area contributed by atoms with Crippen molar-refractivity contribution in [2.75, 3.05) is 0 Å². The van der Waals surface area contributed by atoms with Gasteiger partial charge in [-0.1, -0.05) is 12.1 Å². The summed E-state index contributed by atoms with van der Waals surface area (Å²) in [5, 5.41) is 9.51. The van der Waals surface area contributed by atoms with Crippen LogP contribution < -0.4 is 0 Å². The van der Waals surface area contributed by atoms with E-state index in [9.17, 15) is 9.90 Å².